The van der Waals surface area contributed by atoms with Crippen LogP contribution in [-0.4, -0.2) is 24.9 Å². The summed E-state index contributed by atoms with van der Waals surface area (Å²) < 4.78 is 0. The molecule has 17 heavy (non-hydrogen) atoms. The molecule has 88 valence electrons. The number of carbonyl (C=O) groups excluding carboxylic acids is 1. The van der Waals surface area contributed by atoms with Crippen molar-refractivity contribution >= 4 is 5.91 Å². The van der Waals surface area contributed by atoms with E-state index in [1.807, 2.05) is 24.3 Å². The van der Waals surface area contributed by atoms with Crippen LogP contribution in [0.4, 0.5) is 0 Å². The highest BCUT2D eigenvalue weighted by molar-refractivity contribution is 5.93. The third-order valence-corrected chi connectivity index (χ3v) is 3.51. The molecule has 0 atom stereocenters. The number of nitrogens with zero attached hydrogens (tertiary/aromatic N) is 2. The summed E-state index contributed by atoms with van der Waals surface area (Å²) in [5.74, 6) is -0.00355. The molecule has 0 spiro atoms. The molecule has 2 rings (SSSR count). The lowest BCUT2D eigenvalue weighted by Crippen LogP contribution is -2.32. The third-order valence-electron chi connectivity index (χ3n) is 3.51. The van der Waals surface area contributed by atoms with Gasteiger partial charge < -0.3 is 4.90 Å². The molecule has 3 heteroatoms. The molecule has 1 aliphatic carbocycles. The maximum absolute atomic E-state index is 11.7. The number of benzene rings is 1. The molecule has 0 radical (unpaired) electrons. The van der Waals surface area contributed by atoms with Crippen LogP contribution in [0.5, 0.6) is 0 Å². The maximum atomic E-state index is 11.7. The number of hydrogen-bond acceptors (Lipinski definition) is 2. The van der Waals surface area contributed by atoms with Crippen LogP contribution >= 0.6 is 0 Å². The Hall–Kier alpha value is -1.82. The molecule has 1 aliphatic rings. The molecule has 0 bridgehead atoms. The Morgan fingerprint density at radius 1 is 1.29 bits per heavy atom. The Bertz CT molecular complexity index is 464. The minimum Gasteiger partial charge on any atom is -0.345 e. The fraction of sp³-hybridized carbons (Fsp3) is 0.429. The zero-order valence-electron chi connectivity index (χ0n) is 10.2. The van der Waals surface area contributed by atoms with Gasteiger partial charge in [0.1, 0.15) is 0 Å². The summed E-state index contributed by atoms with van der Waals surface area (Å²) in [6.07, 6.45) is 2.99. The van der Waals surface area contributed by atoms with Crippen molar-refractivity contribution in [1.29, 1.82) is 5.26 Å². The summed E-state index contributed by atoms with van der Waals surface area (Å²) in [4.78, 5) is 13.3. The summed E-state index contributed by atoms with van der Waals surface area (Å²) in [7, 11) is 3.47. The summed E-state index contributed by atoms with van der Waals surface area (Å²) in [5, 5.41) is 9.23. The van der Waals surface area contributed by atoms with Gasteiger partial charge in [0.15, 0.2) is 0 Å². The number of amides is 1. The second-order valence-electron chi connectivity index (χ2n) is 4.82. The predicted molar refractivity (Wildman–Crippen MR) is 65.6 cm³/mol. The molecule has 0 saturated heterocycles. The molecule has 1 amide bonds. The Kier molecular flexibility index (Phi) is 2.89. The van der Waals surface area contributed by atoms with Gasteiger partial charge in [0.25, 0.3) is 5.91 Å². The van der Waals surface area contributed by atoms with E-state index in [9.17, 15) is 10.1 Å². The Labute approximate surface area is 102 Å². The lowest BCUT2D eigenvalue weighted by molar-refractivity contribution is 0.0827. The van der Waals surface area contributed by atoms with E-state index in [0.29, 0.717) is 5.56 Å². The zero-order valence-corrected chi connectivity index (χ0v) is 10.2. The average Bonchev–Trinajstić information content (AvgIpc) is 2.28. The van der Waals surface area contributed by atoms with Gasteiger partial charge in [-0.2, -0.15) is 5.26 Å². The monoisotopic (exact) mass is 228 g/mol. The minimum absolute atomic E-state index is 0.00355. The van der Waals surface area contributed by atoms with Crippen LogP contribution in [0, 0.1) is 11.3 Å². The molecule has 3 nitrogen and oxygen atoms in total. The van der Waals surface area contributed by atoms with E-state index in [1.54, 1.807) is 19.0 Å². The highest BCUT2D eigenvalue weighted by Crippen LogP contribution is 2.43. The first-order valence-electron chi connectivity index (χ1n) is 5.82. The molecule has 1 fully saturated rings. The average molecular weight is 228 g/mol. The van der Waals surface area contributed by atoms with Gasteiger partial charge in [-0.15, -0.1) is 0 Å². The first kappa shape index (κ1) is 11.7. The lowest BCUT2D eigenvalue weighted by atomic mass is 9.65. The van der Waals surface area contributed by atoms with Gasteiger partial charge >= 0.3 is 0 Å². The van der Waals surface area contributed by atoms with Crippen LogP contribution in [0.15, 0.2) is 24.3 Å². The summed E-state index contributed by atoms with van der Waals surface area (Å²) in [6, 6.07) is 9.87. The first-order chi connectivity index (χ1) is 8.09. The van der Waals surface area contributed by atoms with Crippen molar-refractivity contribution in [3.63, 3.8) is 0 Å². The van der Waals surface area contributed by atoms with E-state index in [-0.39, 0.29) is 11.3 Å². The van der Waals surface area contributed by atoms with Crippen molar-refractivity contribution in [3.05, 3.63) is 35.4 Å². The fourth-order valence-corrected chi connectivity index (χ4v) is 2.19. The van der Waals surface area contributed by atoms with Crippen LogP contribution in [0.25, 0.3) is 0 Å². The molecule has 0 aliphatic heterocycles. The molecule has 1 aromatic rings. The summed E-state index contributed by atoms with van der Waals surface area (Å²) in [6.45, 7) is 0. The van der Waals surface area contributed by atoms with Crippen molar-refractivity contribution in [3.8, 4) is 6.07 Å². The van der Waals surface area contributed by atoms with Gasteiger partial charge in [0.05, 0.1) is 11.5 Å². The van der Waals surface area contributed by atoms with Crippen LogP contribution in [0.2, 0.25) is 0 Å². The van der Waals surface area contributed by atoms with E-state index in [1.165, 1.54) is 0 Å². The van der Waals surface area contributed by atoms with Crippen LogP contribution < -0.4 is 0 Å². The molecule has 1 saturated carbocycles. The van der Waals surface area contributed by atoms with Gasteiger partial charge in [-0.3, -0.25) is 4.79 Å². The van der Waals surface area contributed by atoms with Crippen LogP contribution in [-0.2, 0) is 5.41 Å². The Morgan fingerprint density at radius 3 is 2.24 bits per heavy atom. The number of nitriles is 1. The topological polar surface area (TPSA) is 44.1 Å². The summed E-state index contributed by atoms with van der Waals surface area (Å²) in [5.41, 5.74) is 1.42. The normalized spacial score (nSPS) is 16.8. The Morgan fingerprint density at radius 2 is 1.88 bits per heavy atom. The quantitative estimate of drug-likeness (QED) is 0.779. The molecule has 0 N–H and O–H groups in total. The van der Waals surface area contributed by atoms with Crippen molar-refractivity contribution in [1.82, 2.24) is 4.90 Å². The van der Waals surface area contributed by atoms with Crippen molar-refractivity contribution in [2.75, 3.05) is 14.1 Å². The van der Waals surface area contributed by atoms with Crippen molar-refractivity contribution in [2.45, 2.75) is 24.7 Å². The van der Waals surface area contributed by atoms with E-state index in [4.69, 9.17) is 0 Å². The molecule has 1 aromatic carbocycles. The van der Waals surface area contributed by atoms with E-state index in [0.717, 1.165) is 24.8 Å². The third kappa shape index (κ3) is 1.91. The second kappa shape index (κ2) is 4.21. The Balaban J connectivity index is 2.25. The fourth-order valence-electron chi connectivity index (χ4n) is 2.19. The minimum atomic E-state index is -0.292. The highest BCUT2D eigenvalue weighted by atomic mass is 16.2. The standard InChI is InChI=1S/C14H16N2O/c1-16(2)13(17)11-4-6-12(7-5-11)14(10-15)8-3-9-14/h4-7H,3,8-9H2,1-2H3. The SMILES string of the molecule is CN(C)C(=O)c1ccc(C2(C#N)CCC2)cc1. The van der Waals surface area contributed by atoms with Gasteiger partial charge in [0.2, 0.25) is 0 Å². The van der Waals surface area contributed by atoms with Gasteiger partial charge in [-0.05, 0) is 37.0 Å². The number of hydrogen-bond donors (Lipinski definition) is 0. The largest absolute Gasteiger partial charge is 0.345 e. The zero-order chi connectivity index (χ0) is 12.5. The molecular formula is C14H16N2O. The van der Waals surface area contributed by atoms with Crippen LogP contribution in [0.3, 0.4) is 0 Å². The molecular weight excluding hydrogens is 212 g/mol. The van der Waals surface area contributed by atoms with Crippen molar-refractivity contribution < 1.29 is 4.79 Å². The van der Waals surface area contributed by atoms with Gasteiger partial charge in [0, 0.05) is 19.7 Å². The smallest absolute Gasteiger partial charge is 0.253 e. The first-order valence-corrected chi connectivity index (χ1v) is 5.82. The molecule has 0 unspecified atom stereocenters. The number of rotatable bonds is 2. The van der Waals surface area contributed by atoms with Crippen LogP contribution in [0.1, 0.15) is 35.2 Å². The van der Waals surface area contributed by atoms with E-state index in [2.05, 4.69) is 6.07 Å². The maximum Gasteiger partial charge on any atom is 0.253 e. The molecule has 0 heterocycles. The lowest BCUT2D eigenvalue weighted by Gasteiger charge is -2.35. The van der Waals surface area contributed by atoms with E-state index < -0.39 is 0 Å². The van der Waals surface area contributed by atoms with E-state index >= 15 is 0 Å². The van der Waals surface area contributed by atoms with Crippen molar-refractivity contribution in [2.24, 2.45) is 0 Å². The predicted octanol–water partition coefficient (Wildman–Crippen LogP) is 2.33. The second-order valence-corrected chi connectivity index (χ2v) is 4.82. The van der Waals surface area contributed by atoms with Gasteiger partial charge in [-0.25, -0.2) is 0 Å². The molecule has 0 aromatic heterocycles. The highest BCUT2D eigenvalue weighted by Gasteiger charge is 2.38. The number of carbonyl (C=O) groups is 1. The van der Waals surface area contributed by atoms with Gasteiger partial charge in [-0.1, -0.05) is 12.1 Å². The summed E-state index contributed by atoms with van der Waals surface area (Å²) >= 11 is 0.